The van der Waals surface area contributed by atoms with Crippen LogP contribution in [0.4, 0.5) is 0 Å². The number of aliphatic carboxylic acids is 1. The van der Waals surface area contributed by atoms with Gasteiger partial charge in [0.2, 0.25) is 23.6 Å². The molecule has 9 N–H and O–H groups in total. The SMILES string of the molecule is CCC(C)C(NC(=O)C(N)CS)C(=O)NC(CC(N)=O)C(=O)NC(Cc1ccc(O)cc1)C(=O)O. The Hall–Kier alpha value is -3.32. The van der Waals surface area contributed by atoms with E-state index in [0.717, 1.165) is 0 Å². The smallest absolute Gasteiger partial charge is 0.326 e. The van der Waals surface area contributed by atoms with Crippen molar-refractivity contribution in [1.82, 2.24) is 16.0 Å². The third-order valence-electron chi connectivity index (χ3n) is 5.36. The minimum Gasteiger partial charge on any atom is -0.508 e. The number of nitrogens with two attached hydrogens (primary N) is 2. The summed E-state index contributed by atoms with van der Waals surface area (Å²) in [5, 5.41) is 26.1. The molecule has 0 heterocycles. The molecule has 35 heavy (non-hydrogen) atoms. The summed E-state index contributed by atoms with van der Waals surface area (Å²) in [6, 6.07) is 0.822. The molecule has 5 atom stereocenters. The number of phenols is 1. The second-order valence-corrected chi connectivity index (χ2v) is 8.53. The average Bonchev–Trinajstić information content (AvgIpc) is 2.81. The van der Waals surface area contributed by atoms with Gasteiger partial charge in [-0.15, -0.1) is 0 Å². The van der Waals surface area contributed by atoms with E-state index in [1.54, 1.807) is 13.8 Å². The average molecular weight is 512 g/mol. The van der Waals surface area contributed by atoms with E-state index < -0.39 is 60.2 Å². The molecule has 0 aliphatic heterocycles. The van der Waals surface area contributed by atoms with Crippen molar-refractivity contribution in [2.45, 2.75) is 57.3 Å². The number of carbonyl (C=O) groups excluding carboxylic acids is 4. The van der Waals surface area contributed by atoms with Gasteiger partial charge in [0.25, 0.3) is 0 Å². The number of carboxylic acid groups (broad SMARTS) is 1. The quantitative estimate of drug-likeness (QED) is 0.139. The first-order valence-corrected chi connectivity index (χ1v) is 11.6. The van der Waals surface area contributed by atoms with Gasteiger partial charge in [-0.05, 0) is 23.6 Å². The lowest BCUT2D eigenvalue weighted by atomic mass is 9.97. The maximum Gasteiger partial charge on any atom is 0.326 e. The van der Waals surface area contributed by atoms with Crippen LogP contribution in [0.25, 0.3) is 0 Å². The Morgan fingerprint density at radius 2 is 1.54 bits per heavy atom. The van der Waals surface area contributed by atoms with Gasteiger partial charge < -0.3 is 37.6 Å². The monoisotopic (exact) mass is 511 g/mol. The number of carbonyl (C=O) groups is 5. The van der Waals surface area contributed by atoms with Crippen LogP contribution in [-0.4, -0.2) is 69.7 Å². The van der Waals surface area contributed by atoms with Crippen molar-refractivity contribution in [3.63, 3.8) is 0 Å². The van der Waals surface area contributed by atoms with Gasteiger partial charge in [-0.25, -0.2) is 4.79 Å². The number of aromatic hydroxyl groups is 1. The van der Waals surface area contributed by atoms with Gasteiger partial charge in [0.05, 0.1) is 12.5 Å². The maximum atomic E-state index is 13.0. The summed E-state index contributed by atoms with van der Waals surface area (Å²) in [5.41, 5.74) is 11.4. The van der Waals surface area contributed by atoms with Gasteiger partial charge in [0.15, 0.2) is 0 Å². The van der Waals surface area contributed by atoms with E-state index in [4.69, 9.17) is 11.5 Å². The number of hydrogen-bond donors (Lipinski definition) is 8. The summed E-state index contributed by atoms with van der Waals surface area (Å²) < 4.78 is 0. The minimum atomic E-state index is -1.48. The van der Waals surface area contributed by atoms with Crippen molar-refractivity contribution in [3.8, 4) is 5.75 Å². The molecule has 13 heteroatoms. The Bertz CT molecular complexity index is 912. The molecular weight excluding hydrogens is 478 g/mol. The number of thiol groups is 1. The highest BCUT2D eigenvalue weighted by Crippen LogP contribution is 2.12. The maximum absolute atomic E-state index is 13.0. The number of nitrogens with one attached hydrogen (secondary N) is 3. The van der Waals surface area contributed by atoms with Crippen molar-refractivity contribution in [3.05, 3.63) is 29.8 Å². The highest BCUT2D eigenvalue weighted by molar-refractivity contribution is 7.80. The molecule has 1 aromatic rings. The molecule has 0 radical (unpaired) electrons. The van der Waals surface area contributed by atoms with E-state index in [9.17, 15) is 34.2 Å². The second kappa shape index (κ2) is 14.2. The number of hydrogen-bond acceptors (Lipinski definition) is 8. The predicted molar refractivity (Wildman–Crippen MR) is 130 cm³/mol. The first-order valence-electron chi connectivity index (χ1n) is 11.0. The van der Waals surface area contributed by atoms with Crippen LogP contribution in [0.15, 0.2) is 24.3 Å². The van der Waals surface area contributed by atoms with E-state index in [1.807, 2.05) is 0 Å². The molecule has 0 aliphatic rings. The molecule has 0 aliphatic carbocycles. The summed E-state index contributed by atoms with van der Waals surface area (Å²) in [6.07, 6.45) is -0.221. The van der Waals surface area contributed by atoms with Crippen molar-refractivity contribution in [1.29, 1.82) is 0 Å². The fraction of sp³-hybridized carbons (Fsp3) is 0.500. The number of rotatable bonds is 14. The second-order valence-electron chi connectivity index (χ2n) is 8.16. The first kappa shape index (κ1) is 29.7. The van der Waals surface area contributed by atoms with E-state index in [1.165, 1.54) is 24.3 Å². The number of carboxylic acids is 1. The van der Waals surface area contributed by atoms with Crippen molar-refractivity contribution in [2.24, 2.45) is 17.4 Å². The van der Waals surface area contributed by atoms with Crippen LogP contribution in [0.5, 0.6) is 5.75 Å². The van der Waals surface area contributed by atoms with E-state index in [2.05, 4.69) is 28.6 Å². The molecule has 4 amide bonds. The highest BCUT2D eigenvalue weighted by atomic mass is 32.1. The molecule has 0 fully saturated rings. The summed E-state index contributed by atoms with van der Waals surface area (Å²) in [6.45, 7) is 3.50. The summed E-state index contributed by atoms with van der Waals surface area (Å²) >= 11 is 3.96. The van der Waals surface area contributed by atoms with Gasteiger partial charge in [0, 0.05) is 12.2 Å². The van der Waals surface area contributed by atoms with Gasteiger partial charge in [-0.3, -0.25) is 19.2 Å². The molecule has 0 saturated carbocycles. The summed E-state index contributed by atoms with van der Waals surface area (Å²) in [5.74, 6) is -4.88. The number of phenolic OH excluding ortho intramolecular Hbond substituents is 1. The number of benzene rings is 1. The van der Waals surface area contributed by atoms with Crippen molar-refractivity contribution < 1.29 is 34.2 Å². The Labute approximate surface area is 208 Å². The Kier molecular flexibility index (Phi) is 12.0. The molecule has 0 saturated heterocycles. The van der Waals surface area contributed by atoms with Crippen LogP contribution >= 0.6 is 12.6 Å². The van der Waals surface area contributed by atoms with Gasteiger partial charge in [0.1, 0.15) is 23.9 Å². The fourth-order valence-corrected chi connectivity index (χ4v) is 3.22. The number of primary amides is 1. The summed E-state index contributed by atoms with van der Waals surface area (Å²) in [7, 11) is 0. The van der Waals surface area contributed by atoms with E-state index in [0.29, 0.717) is 12.0 Å². The van der Waals surface area contributed by atoms with Gasteiger partial charge in [-0.1, -0.05) is 32.4 Å². The van der Waals surface area contributed by atoms with Crippen LogP contribution in [0.1, 0.15) is 32.3 Å². The molecule has 0 bridgehead atoms. The lowest BCUT2D eigenvalue weighted by molar-refractivity contribution is -0.142. The van der Waals surface area contributed by atoms with Crippen molar-refractivity contribution >= 4 is 42.2 Å². The zero-order valence-corrected chi connectivity index (χ0v) is 20.5. The Balaban J connectivity index is 3.04. The van der Waals surface area contributed by atoms with E-state index in [-0.39, 0.29) is 23.8 Å². The summed E-state index contributed by atoms with van der Waals surface area (Å²) in [4.78, 5) is 61.3. The topological polar surface area (TPSA) is 214 Å². The van der Waals surface area contributed by atoms with Crippen LogP contribution in [0.3, 0.4) is 0 Å². The lowest BCUT2D eigenvalue weighted by Gasteiger charge is -2.27. The molecule has 12 nitrogen and oxygen atoms in total. The third kappa shape index (κ3) is 9.83. The van der Waals surface area contributed by atoms with Gasteiger partial charge >= 0.3 is 5.97 Å². The zero-order valence-electron chi connectivity index (χ0n) is 19.6. The molecule has 0 aromatic heterocycles. The predicted octanol–water partition coefficient (Wildman–Crippen LogP) is -1.35. The molecule has 0 spiro atoms. The zero-order chi connectivity index (χ0) is 26.7. The third-order valence-corrected chi connectivity index (χ3v) is 5.75. The van der Waals surface area contributed by atoms with Crippen LogP contribution < -0.4 is 27.4 Å². The van der Waals surface area contributed by atoms with Crippen LogP contribution in [-0.2, 0) is 30.4 Å². The van der Waals surface area contributed by atoms with Gasteiger partial charge in [-0.2, -0.15) is 12.6 Å². The molecule has 1 aromatic carbocycles. The van der Waals surface area contributed by atoms with E-state index >= 15 is 0 Å². The fourth-order valence-electron chi connectivity index (χ4n) is 3.06. The molecule has 5 unspecified atom stereocenters. The minimum absolute atomic E-state index is 0.00725. The molecule has 194 valence electrons. The highest BCUT2D eigenvalue weighted by Gasteiger charge is 2.33. The Morgan fingerprint density at radius 1 is 0.971 bits per heavy atom. The molecule has 1 rings (SSSR count). The standard InChI is InChI=1S/C22H33N5O7S/c1-3-11(2)18(27-19(30)14(23)10-35)21(32)25-15(9-17(24)29)20(31)26-16(22(33)34)8-12-4-6-13(28)7-5-12/h4-7,11,14-16,18,28,35H,3,8-10,23H2,1-2H3,(H2,24,29)(H,25,32)(H,26,31)(H,27,30)(H,33,34). The lowest BCUT2D eigenvalue weighted by Crippen LogP contribution is -2.59. The van der Waals surface area contributed by atoms with Crippen LogP contribution in [0, 0.1) is 5.92 Å². The largest absolute Gasteiger partial charge is 0.508 e. The van der Waals surface area contributed by atoms with Crippen LogP contribution in [0.2, 0.25) is 0 Å². The Morgan fingerprint density at radius 3 is 2.03 bits per heavy atom. The molecular formula is C22H33N5O7S. The first-order chi connectivity index (χ1) is 16.4. The van der Waals surface area contributed by atoms with Crippen molar-refractivity contribution in [2.75, 3.05) is 5.75 Å². The number of amides is 4. The normalized spacial score (nSPS) is 15.1.